The molecule has 0 bridgehead atoms. The number of aliphatic hydroxyl groups excluding tert-OH is 1. The van der Waals surface area contributed by atoms with Gasteiger partial charge in [0.25, 0.3) is 0 Å². The molecule has 2 fully saturated rings. The Hall–Kier alpha value is -1.80. The van der Waals surface area contributed by atoms with E-state index in [4.69, 9.17) is 4.74 Å². The standard InChI is InChI=1S/C19H24F3NO4/c1-2-11-26-16-12-18(8-7-15(16)24)9-10-23(17(18)25)13-3-5-14(6-4-13)27-19(20,21)22/h3-6,15-16,24H,2,7-12H2,1H3/t15-,16-,18-/m1/s1. The molecule has 1 aliphatic carbocycles. The van der Waals surface area contributed by atoms with Crippen molar-refractivity contribution in [2.45, 2.75) is 57.6 Å². The summed E-state index contributed by atoms with van der Waals surface area (Å²) in [6, 6.07) is 5.33. The molecule has 1 N–H and O–H groups in total. The Morgan fingerprint density at radius 2 is 1.96 bits per heavy atom. The van der Waals surface area contributed by atoms with E-state index in [1.54, 1.807) is 4.90 Å². The van der Waals surface area contributed by atoms with E-state index in [0.717, 1.165) is 6.42 Å². The monoisotopic (exact) mass is 387 g/mol. The van der Waals surface area contributed by atoms with Gasteiger partial charge in [-0.05, 0) is 56.4 Å². The zero-order valence-electron chi connectivity index (χ0n) is 15.2. The third-order valence-corrected chi connectivity index (χ3v) is 5.37. The van der Waals surface area contributed by atoms with Crippen LogP contribution in [0.15, 0.2) is 24.3 Å². The fourth-order valence-corrected chi connectivity index (χ4v) is 3.99. The normalized spacial score (nSPS) is 28.8. The average molecular weight is 387 g/mol. The van der Waals surface area contributed by atoms with Crippen molar-refractivity contribution in [3.8, 4) is 5.75 Å². The van der Waals surface area contributed by atoms with Crippen molar-refractivity contribution in [2.75, 3.05) is 18.1 Å². The van der Waals surface area contributed by atoms with Gasteiger partial charge in [-0.2, -0.15) is 0 Å². The molecule has 3 rings (SSSR count). The molecule has 1 heterocycles. The number of amides is 1. The van der Waals surface area contributed by atoms with Crippen molar-refractivity contribution in [1.82, 2.24) is 0 Å². The number of anilines is 1. The van der Waals surface area contributed by atoms with E-state index in [2.05, 4.69) is 4.74 Å². The highest BCUT2D eigenvalue weighted by Crippen LogP contribution is 2.47. The number of carbonyl (C=O) groups is 1. The van der Waals surface area contributed by atoms with E-state index < -0.39 is 17.9 Å². The molecule has 150 valence electrons. The number of halogens is 3. The molecule has 1 aliphatic heterocycles. The Bertz CT molecular complexity index is 664. The number of aliphatic hydroxyl groups is 1. The van der Waals surface area contributed by atoms with Gasteiger partial charge in [0.15, 0.2) is 0 Å². The largest absolute Gasteiger partial charge is 0.573 e. The molecule has 1 aromatic rings. The SMILES string of the molecule is CCCO[C@@H]1C[C@@]2(CC[C@H]1O)CCN(c1ccc(OC(F)(F)F)cc1)C2=O. The molecule has 5 nitrogen and oxygen atoms in total. The van der Waals surface area contributed by atoms with Crippen LogP contribution in [0.3, 0.4) is 0 Å². The Kier molecular flexibility index (Phi) is 5.67. The Labute approximate surface area is 156 Å². The summed E-state index contributed by atoms with van der Waals surface area (Å²) in [7, 11) is 0. The molecule has 1 aromatic carbocycles. The summed E-state index contributed by atoms with van der Waals surface area (Å²) < 4.78 is 46.5. The predicted molar refractivity (Wildman–Crippen MR) is 92.4 cm³/mol. The number of rotatable bonds is 5. The molecule has 1 saturated heterocycles. The molecule has 8 heteroatoms. The molecular weight excluding hydrogens is 363 g/mol. The number of nitrogens with zero attached hydrogens (tertiary/aromatic N) is 1. The van der Waals surface area contributed by atoms with Gasteiger partial charge in [0, 0.05) is 18.8 Å². The Morgan fingerprint density at radius 1 is 1.26 bits per heavy atom. The lowest BCUT2D eigenvalue weighted by Crippen LogP contribution is -2.46. The van der Waals surface area contributed by atoms with Gasteiger partial charge in [-0.3, -0.25) is 4.79 Å². The van der Waals surface area contributed by atoms with Crippen LogP contribution >= 0.6 is 0 Å². The van der Waals surface area contributed by atoms with Crippen LogP contribution < -0.4 is 9.64 Å². The average Bonchev–Trinajstić information content (AvgIpc) is 2.92. The molecule has 3 atom stereocenters. The molecule has 1 spiro atoms. The van der Waals surface area contributed by atoms with E-state index >= 15 is 0 Å². The maximum atomic E-state index is 13.1. The first-order chi connectivity index (χ1) is 12.7. The van der Waals surface area contributed by atoms with E-state index in [9.17, 15) is 23.1 Å². The maximum absolute atomic E-state index is 13.1. The molecule has 1 amide bonds. The zero-order chi connectivity index (χ0) is 19.7. The quantitative estimate of drug-likeness (QED) is 0.838. The third kappa shape index (κ3) is 4.38. The van der Waals surface area contributed by atoms with Crippen LogP contribution in [-0.4, -0.2) is 42.7 Å². The van der Waals surface area contributed by atoms with Gasteiger partial charge in [0.1, 0.15) is 5.75 Å². The van der Waals surface area contributed by atoms with Gasteiger partial charge in [-0.15, -0.1) is 13.2 Å². The summed E-state index contributed by atoms with van der Waals surface area (Å²) in [5.74, 6) is -0.370. The highest BCUT2D eigenvalue weighted by atomic mass is 19.4. The third-order valence-electron chi connectivity index (χ3n) is 5.37. The molecule has 0 unspecified atom stereocenters. The number of benzene rings is 1. The number of alkyl halides is 3. The van der Waals surface area contributed by atoms with E-state index in [0.29, 0.717) is 44.5 Å². The minimum absolute atomic E-state index is 0.0519. The summed E-state index contributed by atoms with van der Waals surface area (Å²) in [6.07, 6.45) is -2.62. The Morgan fingerprint density at radius 3 is 2.59 bits per heavy atom. The summed E-state index contributed by atoms with van der Waals surface area (Å²) in [6.45, 7) is 3.02. The molecular formula is C19H24F3NO4. The van der Waals surface area contributed by atoms with Crippen molar-refractivity contribution in [3.05, 3.63) is 24.3 Å². The van der Waals surface area contributed by atoms with Crippen molar-refractivity contribution in [3.63, 3.8) is 0 Å². The van der Waals surface area contributed by atoms with Gasteiger partial charge in [0.05, 0.1) is 17.6 Å². The summed E-state index contributed by atoms with van der Waals surface area (Å²) >= 11 is 0. The lowest BCUT2D eigenvalue weighted by molar-refractivity contribution is -0.274. The van der Waals surface area contributed by atoms with Crippen LogP contribution in [0.4, 0.5) is 18.9 Å². The lowest BCUT2D eigenvalue weighted by Gasteiger charge is -2.39. The van der Waals surface area contributed by atoms with E-state index in [1.165, 1.54) is 24.3 Å². The molecule has 27 heavy (non-hydrogen) atoms. The van der Waals surface area contributed by atoms with E-state index in [1.807, 2.05) is 6.92 Å². The van der Waals surface area contributed by atoms with Crippen LogP contribution in [0.2, 0.25) is 0 Å². The zero-order valence-corrected chi connectivity index (χ0v) is 15.2. The van der Waals surface area contributed by atoms with Gasteiger partial charge >= 0.3 is 6.36 Å². The smallest absolute Gasteiger partial charge is 0.406 e. The van der Waals surface area contributed by atoms with Crippen LogP contribution in [0.1, 0.15) is 39.0 Å². The lowest BCUT2D eigenvalue weighted by atomic mass is 9.70. The Balaban J connectivity index is 1.71. The second kappa shape index (κ2) is 7.67. The molecule has 0 aromatic heterocycles. The van der Waals surface area contributed by atoms with Crippen LogP contribution in [0.25, 0.3) is 0 Å². The first-order valence-electron chi connectivity index (χ1n) is 9.21. The number of hydrogen-bond donors (Lipinski definition) is 1. The fraction of sp³-hybridized carbons (Fsp3) is 0.632. The van der Waals surface area contributed by atoms with Crippen LogP contribution in [0.5, 0.6) is 5.75 Å². The van der Waals surface area contributed by atoms with E-state index in [-0.39, 0.29) is 17.8 Å². The maximum Gasteiger partial charge on any atom is 0.573 e. The molecule has 2 aliphatic rings. The first-order valence-corrected chi connectivity index (χ1v) is 9.21. The van der Waals surface area contributed by atoms with Gasteiger partial charge < -0.3 is 19.5 Å². The van der Waals surface area contributed by atoms with Crippen molar-refractivity contribution < 1.29 is 32.5 Å². The van der Waals surface area contributed by atoms with Gasteiger partial charge in [0.2, 0.25) is 5.91 Å². The number of ether oxygens (including phenoxy) is 2. The summed E-state index contributed by atoms with van der Waals surface area (Å²) in [4.78, 5) is 14.7. The number of carbonyl (C=O) groups excluding carboxylic acids is 1. The minimum Gasteiger partial charge on any atom is -0.406 e. The van der Waals surface area contributed by atoms with Gasteiger partial charge in [-0.25, -0.2) is 0 Å². The number of hydrogen-bond acceptors (Lipinski definition) is 4. The fourth-order valence-electron chi connectivity index (χ4n) is 3.99. The molecule has 1 saturated carbocycles. The summed E-state index contributed by atoms with van der Waals surface area (Å²) in [5.41, 5.74) is -0.0257. The van der Waals surface area contributed by atoms with Gasteiger partial charge in [-0.1, -0.05) is 6.92 Å². The summed E-state index contributed by atoms with van der Waals surface area (Å²) in [5, 5.41) is 10.2. The van der Waals surface area contributed by atoms with Crippen LogP contribution in [-0.2, 0) is 9.53 Å². The molecule has 0 radical (unpaired) electrons. The van der Waals surface area contributed by atoms with Crippen LogP contribution in [0, 0.1) is 5.41 Å². The predicted octanol–water partition coefficient (Wildman–Crippen LogP) is 3.65. The second-order valence-corrected chi connectivity index (χ2v) is 7.25. The first kappa shape index (κ1) is 19.9. The topological polar surface area (TPSA) is 59.0 Å². The van der Waals surface area contributed by atoms with Crippen molar-refractivity contribution in [1.29, 1.82) is 0 Å². The second-order valence-electron chi connectivity index (χ2n) is 7.25. The van der Waals surface area contributed by atoms with Crippen molar-refractivity contribution >= 4 is 11.6 Å². The highest BCUT2D eigenvalue weighted by Gasteiger charge is 2.51. The highest BCUT2D eigenvalue weighted by molar-refractivity contribution is 6.00. The van der Waals surface area contributed by atoms with Crippen molar-refractivity contribution in [2.24, 2.45) is 5.41 Å². The minimum atomic E-state index is -4.74.